The zero-order valence-electron chi connectivity index (χ0n) is 16.2. The van der Waals surface area contributed by atoms with Gasteiger partial charge in [0.15, 0.2) is 0 Å². The molecule has 140 valence electrons. The number of nitrogens with one attached hydrogen (secondary N) is 1. The molecule has 3 N–H and O–H groups in total. The van der Waals surface area contributed by atoms with Crippen molar-refractivity contribution < 1.29 is 24.3 Å². The Morgan fingerprint density at radius 1 is 1.12 bits per heavy atom. The standard InChI is InChI=1S/C18H30BNO5/c1-16(2,3)24-15(21)20-12-13-10-8-9-11-14(13)19(23)25-18(6,7)17(4,5)22/h8-11,22-23H,12H2,1-7H3,(H,20,21). The summed E-state index contributed by atoms with van der Waals surface area (Å²) in [4.78, 5) is 11.8. The van der Waals surface area contributed by atoms with E-state index in [2.05, 4.69) is 5.32 Å². The minimum Gasteiger partial charge on any atom is -0.444 e. The van der Waals surface area contributed by atoms with Crippen molar-refractivity contribution in [2.75, 3.05) is 0 Å². The fourth-order valence-electron chi connectivity index (χ4n) is 1.90. The molecule has 6 nitrogen and oxygen atoms in total. The van der Waals surface area contributed by atoms with Crippen LogP contribution < -0.4 is 10.8 Å². The van der Waals surface area contributed by atoms with Crippen LogP contribution in [0.2, 0.25) is 0 Å². The molecule has 1 aromatic rings. The van der Waals surface area contributed by atoms with E-state index in [4.69, 9.17) is 9.39 Å². The van der Waals surface area contributed by atoms with Gasteiger partial charge >= 0.3 is 13.2 Å². The quantitative estimate of drug-likeness (QED) is 0.682. The smallest absolute Gasteiger partial charge is 0.444 e. The minimum absolute atomic E-state index is 0.189. The number of aliphatic hydroxyl groups is 1. The summed E-state index contributed by atoms with van der Waals surface area (Å²) in [7, 11) is -1.24. The van der Waals surface area contributed by atoms with Crippen LogP contribution in [0.3, 0.4) is 0 Å². The molecule has 1 amide bonds. The number of hydrogen-bond acceptors (Lipinski definition) is 5. The average Bonchev–Trinajstić information content (AvgIpc) is 2.42. The monoisotopic (exact) mass is 351 g/mol. The third kappa shape index (κ3) is 6.69. The first kappa shape index (κ1) is 21.5. The summed E-state index contributed by atoms with van der Waals surface area (Å²) < 4.78 is 10.9. The molecule has 0 spiro atoms. The second-order valence-electron chi connectivity index (χ2n) is 8.09. The molecule has 0 aliphatic heterocycles. The molecule has 1 rings (SSSR count). The summed E-state index contributed by atoms with van der Waals surface area (Å²) in [6.45, 7) is 12.2. The van der Waals surface area contributed by atoms with Gasteiger partial charge in [-0.05, 0) is 59.5 Å². The third-order valence-corrected chi connectivity index (χ3v) is 4.02. The van der Waals surface area contributed by atoms with Crippen molar-refractivity contribution in [1.82, 2.24) is 5.32 Å². The van der Waals surface area contributed by atoms with Gasteiger partial charge in [0.2, 0.25) is 0 Å². The van der Waals surface area contributed by atoms with Crippen molar-refractivity contribution in [3.8, 4) is 0 Å². The fourth-order valence-corrected chi connectivity index (χ4v) is 1.90. The number of ether oxygens (including phenoxy) is 1. The van der Waals surface area contributed by atoms with E-state index < -0.39 is 30.0 Å². The Hall–Kier alpha value is -1.57. The number of alkyl carbamates (subject to hydrolysis) is 1. The van der Waals surface area contributed by atoms with Gasteiger partial charge in [0.1, 0.15) is 5.60 Å². The first-order valence-electron chi connectivity index (χ1n) is 8.36. The number of hydrogen-bond donors (Lipinski definition) is 3. The second-order valence-corrected chi connectivity index (χ2v) is 8.09. The molecule has 7 heteroatoms. The highest BCUT2D eigenvalue weighted by Gasteiger charge is 2.40. The molecule has 0 atom stereocenters. The van der Waals surface area contributed by atoms with Crippen molar-refractivity contribution in [3.63, 3.8) is 0 Å². The van der Waals surface area contributed by atoms with Crippen LogP contribution in [-0.2, 0) is 15.9 Å². The van der Waals surface area contributed by atoms with E-state index in [0.717, 1.165) is 0 Å². The SMILES string of the molecule is CC(C)(C)OC(=O)NCc1ccccc1B(O)OC(C)(C)C(C)(C)O. The van der Waals surface area contributed by atoms with Crippen molar-refractivity contribution >= 4 is 18.7 Å². The van der Waals surface area contributed by atoms with Crippen molar-refractivity contribution in [2.24, 2.45) is 0 Å². The van der Waals surface area contributed by atoms with Crippen LogP contribution in [0.5, 0.6) is 0 Å². The Bertz CT molecular complexity index is 590. The highest BCUT2D eigenvalue weighted by Crippen LogP contribution is 2.25. The molecule has 0 bridgehead atoms. The Balaban J connectivity index is 2.84. The number of rotatable bonds is 6. The van der Waals surface area contributed by atoms with Crippen LogP contribution >= 0.6 is 0 Å². The zero-order chi connectivity index (χ0) is 19.5. The zero-order valence-corrected chi connectivity index (χ0v) is 16.2. The van der Waals surface area contributed by atoms with Crippen LogP contribution in [0.25, 0.3) is 0 Å². The Morgan fingerprint density at radius 3 is 2.20 bits per heavy atom. The fraction of sp³-hybridized carbons (Fsp3) is 0.611. The van der Waals surface area contributed by atoms with Crippen LogP contribution in [0.15, 0.2) is 24.3 Å². The molecular weight excluding hydrogens is 321 g/mol. The van der Waals surface area contributed by atoms with Crippen LogP contribution in [-0.4, -0.2) is 40.1 Å². The third-order valence-electron chi connectivity index (χ3n) is 4.02. The highest BCUT2D eigenvalue weighted by molar-refractivity contribution is 6.60. The second kappa shape index (κ2) is 7.76. The lowest BCUT2D eigenvalue weighted by Crippen LogP contribution is -2.53. The molecule has 0 aliphatic rings. The molecule has 0 saturated carbocycles. The summed E-state index contributed by atoms with van der Waals surface area (Å²) >= 11 is 0. The lowest BCUT2D eigenvalue weighted by molar-refractivity contribution is -0.0982. The molecule has 1 aromatic carbocycles. The number of benzene rings is 1. The maximum atomic E-state index is 11.8. The molecule has 0 fully saturated rings. The molecule has 0 aliphatic carbocycles. The molecular formula is C18H30BNO5. The Kier molecular flexibility index (Phi) is 6.67. The molecule has 0 heterocycles. The van der Waals surface area contributed by atoms with Crippen LogP contribution in [0.4, 0.5) is 4.79 Å². The van der Waals surface area contributed by atoms with E-state index in [1.165, 1.54) is 0 Å². The maximum absolute atomic E-state index is 11.8. The lowest BCUT2D eigenvalue weighted by atomic mass is 9.74. The number of carbonyl (C=O) groups is 1. The summed E-state index contributed by atoms with van der Waals surface area (Å²) in [5.41, 5.74) is -1.47. The van der Waals surface area contributed by atoms with E-state index in [9.17, 15) is 14.9 Å². The van der Waals surface area contributed by atoms with E-state index in [0.29, 0.717) is 11.0 Å². The van der Waals surface area contributed by atoms with Gasteiger partial charge in [0.25, 0.3) is 0 Å². The Morgan fingerprint density at radius 2 is 1.68 bits per heavy atom. The van der Waals surface area contributed by atoms with Gasteiger partial charge in [0, 0.05) is 6.54 Å². The van der Waals surface area contributed by atoms with Crippen LogP contribution in [0.1, 0.15) is 54.0 Å². The van der Waals surface area contributed by atoms with Gasteiger partial charge in [-0.2, -0.15) is 0 Å². The normalized spacial score (nSPS) is 12.7. The lowest BCUT2D eigenvalue weighted by Gasteiger charge is -2.38. The van der Waals surface area contributed by atoms with Crippen molar-refractivity contribution in [1.29, 1.82) is 0 Å². The summed E-state index contributed by atoms with van der Waals surface area (Å²) in [5, 5.41) is 23.3. The van der Waals surface area contributed by atoms with Gasteiger partial charge < -0.3 is 24.8 Å². The molecule has 0 saturated heterocycles. The maximum Gasteiger partial charge on any atom is 0.491 e. The van der Waals surface area contributed by atoms with Crippen LogP contribution in [0, 0.1) is 0 Å². The largest absolute Gasteiger partial charge is 0.491 e. The topological polar surface area (TPSA) is 88.0 Å². The van der Waals surface area contributed by atoms with Gasteiger partial charge in [0.05, 0.1) is 11.2 Å². The van der Waals surface area contributed by atoms with Crippen molar-refractivity contribution in [2.45, 2.75) is 71.8 Å². The number of carbonyl (C=O) groups excluding carboxylic acids is 1. The highest BCUT2D eigenvalue weighted by atomic mass is 16.6. The first-order chi connectivity index (χ1) is 11.2. The first-order valence-corrected chi connectivity index (χ1v) is 8.36. The van der Waals surface area contributed by atoms with E-state index in [1.807, 2.05) is 6.07 Å². The van der Waals surface area contributed by atoms with E-state index in [-0.39, 0.29) is 6.54 Å². The number of amides is 1. The van der Waals surface area contributed by atoms with Gasteiger partial charge in [-0.1, -0.05) is 24.3 Å². The minimum atomic E-state index is -1.24. The van der Waals surface area contributed by atoms with Gasteiger partial charge in [-0.3, -0.25) is 0 Å². The Labute approximate surface area is 150 Å². The molecule has 0 aromatic heterocycles. The molecule has 25 heavy (non-hydrogen) atoms. The average molecular weight is 351 g/mol. The van der Waals surface area contributed by atoms with Gasteiger partial charge in [-0.15, -0.1) is 0 Å². The summed E-state index contributed by atoms with van der Waals surface area (Å²) in [6, 6.07) is 7.09. The molecule has 0 unspecified atom stereocenters. The van der Waals surface area contributed by atoms with E-state index >= 15 is 0 Å². The summed E-state index contributed by atoms with van der Waals surface area (Å²) in [6.07, 6.45) is -0.533. The van der Waals surface area contributed by atoms with Gasteiger partial charge in [-0.25, -0.2) is 4.79 Å². The predicted molar refractivity (Wildman–Crippen MR) is 98.6 cm³/mol. The predicted octanol–water partition coefficient (Wildman–Crippen LogP) is 1.96. The summed E-state index contributed by atoms with van der Waals surface area (Å²) in [5.74, 6) is 0. The molecule has 0 radical (unpaired) electrons. The van der Waals surface area contributed by atoms with Crippen molar-refractivity contribution in [3.05, 3.63) is 29.8 Å². The van der Waals surface area contributed by atoms with E-state index in [1.54, 1.807) is 66.7 Å².